The van der Waals surface area contributed by atoms with Gasteiger partial charge in [-0.25, -0.2) is 0 Å². The van der Waals surface area contributed by atoms with Crippen LogP contribution in [-0.4, -0.2) is 22.7 Å². The van der Waals surface area contributed by atoms with Crippen LogP contribution < -0.4 is 9.47 Å². The maximum Gasteiger partial charge on any atom is 0.293 e. The molecule has 36 heavy (non-hydrogen) atoms. The first kappa shape index (κ1) is 26.0. The lowest BCUT2D eigenvalue weighted by Crippen LogP contribution is -2.27. The van der Waals surface area contributed by atoms with Crippen LogP contribution in [-0.2, 0) is 17.9 Å². The van der Waals surface area contributed by atoms with Crippen LogP contribution in [0, 0.1) is 11.3 Å². The van der Waals surface area contributed by atoms with E-state index in [1.165, 1.54) is 4.90 Å². The van der Waals surface area contributed by atoms with Crippen molar-refractivity contribution < 1.29 is 19.1 Å². The maximum absolute atomic E-state index is 13.0. The molecule has 3 aromatic carbocycles. The van der Waals surface area contributed by atoms with Crippen molar-refractivity contribution in [3.8, 4) is 17.6 Å². The van der Waals surface area contributed by atoms with Crippen LogP contribution in [0.4, 0.5) is 4.79 Å². The van der Waals surface area contributed by atoms with E-state index in [0.717, 1.165) is 27.4 Å². The molecular formula is C27H20Br2N2O4S. The van der Waals surface area contributed by atoms with Crippen LogP contribution in [0.25, 0.3) is 6.08 Å². The molecule has 182 valence electrons. The number of benzene rings is 3. The SMILES string of the molecule is CCOc1cc(/C=C2\SC(=O)N(Cc3ccc(Br)cc3)C2=O)cc(Br)c1OCc1ccccc1C#N. The number of halogens is 2. The summed E-state index contributed by atoms with van der Waals surface area (Å²) in [6, 6.07) is 20.5. The zero-order valence-electron chi connectivity index (χ0n) is 19.2. The van der Waals surface area contributed by atoms with Gasteiger partial charge in [0.25, 0.3) is 11.1 Å². The molecule has 1 heterocycles. The quantitative estimate of drug-likeness (QED) is 0.244. The van der Waals surface area contributed by atoms with Gasteiger partial charge in [-0.2, -0.15) is 5.26 Å². The van der Waals surface area contributed by atoms with E-state index in [1.807, 2.05) is 43.3 Å². The number of nitriles is 1. The van der Waals surface area contributed by atoms with Gasteiger partial charge in [0.15, 0.2) is 11.5 Å². The minimum absolute atomic E-state index is 0.191. The average molecular weight is 628 g/mol. The molecule has 1 aliphatic rings. The monoisotopic (exact) mass is 626 g/mol. The highest BCUT2D eigenvalue weighted by atomic mass is 79.9. The van der Waals surface area contributed by atoms with Gasteiger partial charge in [0.2, 0.25) is 0 Å². The van der Waals surface area contributed by atoms with Crippen LogP contribution in [0.15, 0.2) is 74.5 Å². The van der Waals surface area contributed by atoms with E-state index in [2.05, 4.69) is 37.9 Å². The van der Waals surface area contributed by atoms with Gasteiger partial charge < -0.3 is 9.47 Å². The highest BCUT2D eigenvalue weighted by molar-refractivity contribution is 9.10. The second-order valence-electron chi connectivity index (χ2n) is 7.71. The number of imide groups is 1. The second kappa shape index (κ2) is 11.8. The van der Waals surface area contributed by atoms with Gasteiger partial charge in [-0.05, 0) is 82.2 Å². The second-order valence-corrected chi connectivity index (χ2v) is 10.5. The molecule has 0 bridgehead atoms. The molecule has 0 atom stereocenters. The number of nitrogens with zero attached hydrogens (tertiary/aromatic N) is 2. The third-order valence-electron chi connectivity index (χ3n) is 5.27. The molecule has 0 aliphatic carbocycles. The molecule has 1 aliphatic heterocycles. The number of thioether (sulfide) groups is 1. The lowest BCUT2D eigenvalue weighted by Gasteiger charge is -2.15. The molecule has 4 rings (SSSR count). The van der Waals surface area contributed by atoms with E-state index in [-0.39, 0.29) is 24.3 Å². The molecule has 0 unspecified atom stereocenters. The van der Waals surface area contributed by atoms with Crippen molar-refractivity contribution in [2.24, 2.45) is 0 Å². The summed E-state index contributed by atoms with van der Waals surface area (Å²) >= 11 is 7.84. The fourth-order valence-corrected chi connectivity index (χ4v) is 5.22. The molecule has 1 saturated heterocycles. The van der Waals surface area contributed by atoms with Crippen LogP contribution in [0.2, 0.25) is 0 Å². The number of hydrogen-bond donors (Lipinski definition) is 0. The number of carbonyl (C=O) groups is 2. The Kier molecular flexibility index (Phi) is 8.52. The topological polar surface area (TPSA) is 79.6 Å². The summed E-state index contributed by atoms with van der Waals surface area (Å²) < 4.78 is 13.4. The highest BCUT2D eigenvalue weighted by Gasteiger charge is 2.35. The Hall–Kier alpha value is -3.06. The predicted octanol–water partition coefficient (Wildman–Crippen LogP) is 7.30. The van der Waals surface area contributed by atoms with Gasteiger partial charge in [-0.1, -0.05) is 46.3 Å². The molecule has 0 spiro atoms. The highest BCUT2D eigenvalue weighted by Crippen LogP contribution is 2.40. The van der Waals surface area contributed by atoms with Crippen molar-refractivity contribution in [1.82, 2.24) is 4.90 Å². The number of rotatable bonds is 8. The Bertz CT molecular complexity index is 1380. The van der Waals surface area contributed by atoms with Crippen molar-refractivity contribution >= 4 is 60.8 Å². The third kappa shape index (κ3) is 6.01. The largest absolute Gasteiger partial charge is 0.490 e. The maximum atomic E-state index is 13.0. The van der Waals surface area contributed by atoms with Gasteiger partial charge in [-0.15, -0.1) is 0 Å². The molecule has 0 N–H and O–H groups in total. The molecule has 0 aromatic heterocycles. The van der Waals surface area contributed by atoms with Gasteiger partial charge in [0.1, 0.15) is 6.61 Å². The molecule has 9 heteroatoms. The third-order valence-corrected chi connectivity index (χ3v) is 7.29. The van der Waals surface area contributed by atoms with Gasteiger partial charge in [0.05, 0.1) is 34.2 Å². The van der Waals surface area contributed by atoms with Gasteiger partial charge in [-0.3, -0.25) is 14.5 Å². The van der Waals surface area contributed by atoms with Gasteiger partial charge >= 0.3 is 0 Å². The molecule has 1 fully saturated rings. The normalized spacial score (nSPS) is 14.3. The summed E-state index contributed by atoms with van der Waals surface area (Å²) in [6.45, 7) is 2.67. The van der Waals surface area contributed by atoms with Crippen LogP contribution >= 0.6 is 43.6 Å². The van der Waals surface area contributed by atoms with Crippen molar-refractivity contribution in [3.63, 3.8) is 0 Å². The molecule has 2 amide bonds. The van der Waals surface area contributed by atoms with Gasteiger partial charge in [0, 0.05) is 10.0 Å². The lowest BCUT2D eigenvalue weighted by molar-refractivity contribution is -0.123. The number of amides is 2. The van der Waals surface area contributed by atoms with E-state index in [9.17, 15) is 14.9 Å². The first-order chi connectivity index (χ1) is 17.4. The van der Waals surface area contributed by atoms with Crippen molar-refractivity contribution in [3.05, 3.63) is 96.8 Å². The minimum atomic E-state index is -0.338. The lowest BCUT2D eigenvalue weighted by atomic mass is 10.1. The average Bonchev–Trinajstić information content (AvgIpc) is 3.12. The Morgan fingerprint density at radius 1 is 1.06 bits per heavy atom. The molecular weight excluding hydrogens is 608 g/mol. The zero-order chi connectivity index (χ0) is 25.7. The van der Waals surface area contributed by atoms with Crippen LogP contribution in [0.3, 0.4) is 0 Å². The summed E-state index contributed by atoms with van der Waals surface area (Å²) in [4.78, 5) is 27.1. The van der Waals surface area contributed by atoms with E-state index in [0.29, 0.717) is 38.6 Å². The van der Waals surface area contributed by atoms with E-state index < -0.39 is 0 Å². The summed E-state index contributed by atoms with van der Waals surface area (Å²) in [5.41, 5.74) is 2.85. The first-order valence-corrected chi connectivity index (χ1v) is 13.4. The Balaban J connectivity index is 1.56. The van der Waals surface area contributed by atoms with Crippen LogP contribution in [0.5, 0.6) is 11.5 Å². The van der Waals surface area contributed by atoms with E-state index in [4.69, 9.17) is 9.47 Å². The minimum Gasteiger partial charge on any atom is -0.490 e. The molecule has 0 radical (unpaired) electrons. The Morgan fingerprint density at radius 3 is 2.53 bits per heavy atom. The van der Waals surface area contributed by atoms with Crippen LogP contribution in [0.1, 0.15) is 29.2 Å². The van der Waals surface area contributed by atoms with Crippen molar-refractivity contribution in [2.45, 2.75) is 20.1 Å². The standard InChI is InChI=1S/C27H20Br2N2O4S/c1-2-34-23-12-18(11-22(29)25(23)35-16-20-6-4-3-5-19(20)14-30)13-24-26(32)31(27(33)36-24)15-17-7-9-21(28)10-8-17/h3-13H,2,15-16H2,1H3/b24-13-. The van der Waals surface area contributed by atoms with Crippen molar-refractivity contribution in [1.29, 1.82) is 5.26 Å². The summed E-state index contributed by atoms with van der Waals surface area (Å²) in [5.74, 6) is 0.641. The molecule has 3 aromatic rings. The Morgan fingerprint density at radius 2 is 1.81 bits per heavy atom. The number of carbonyl (C=O) groups excluding carboxylic acids is 2. The molecule has 6 nitrogen and oxygen atoms in total. The fraction of sp³-hybridized carbons (Fsp3) is 0.148. The zero-order valence-corrected chi connectivity index (χ0v) is 23.2. The molecule has 0 saturated carbocycles. The van der Waals surface area contributed by atoms with E-state index in [1.54, 1.807) is 30.3 Å². The summed E-state index contributed by atoms with van der Waals surface area (Å²) in [6.07, 6.45) is 1.68. The summed E-state index contributed by atoms with van der Waals surface area (Å²) in [7, 11) is 0. The number of ether oxygens (including phenoxy) is 2. The van der Waals surface area contributed by atoms with E-state index >= 15 is 0 Å². The Labute approximate surface area is 230 Å². The first-order valence-electron chi connectivity index (χ1n) is 11.0. The van der Waals surface area contributed by atoms with Crippen molar-refractivity contribution in [2.75, 3.05) is 6.61 Å². The predicted molar refractivity (Wildman–Crippen MR) is 146 cm³/mol. The fourth-order valence-electron chi connectivity index (χ4n) is 3.54. The number of hydrogen-bond acceptors (Lipinski definition) is 6. The smallest absolute Gasteiger partial charge is 0.293 e. The summed E-state index contributed by atoms with van der Waals surface area (Å²) in [5, 5.41) is 9.02.